The third kappa shape index (κ3) is 6.46. The molecule has 1 heterocycles. The van der Waals surface area contributed by atoms with E-state index < -0.39 is 0 Å². The van der Waals surface area contributed by atoms with Gasteiger partial charge in [0.05, 0.1) is 0 Å². The second-order valence-corrected chi connectivity index (χ2v) is 8.07. The van der Waals surface area contributed by atoms with Crippen LogP contribution in [-0.4, -0.2) is 42.8 Å². The van der Waals surface area contributed by atoms with Crippen LogP contribution in [0.4, 0.5) is 0 Å². The van der Waals surface area contributed by atoms with Crippen molar-refractivity contribution in [2.75, 3.05) is 26.2 Å². The highest BCUT2D eigenvalue weighted by Gasteiger charge is 2.14. The predicted octanol–water partition coefficient (Wildman–Crippen LogP) is 3.91. The van der Waals surface area contributed by atoms with E-state index in [1.165, 1.54) is 62.7 Å². The van der Waals surface area contributed by atoms with Crippen LogP contribution in [-0.2, 0) is 17.6 Å². The molecule has 0 spiro atoms. The van der Waals surface area contributed by atoms with Gasteiger partial charge in [-0.1, -0.05) is 25.0 Å². The number of amides is 1. The Bertz CT molecular complexity index is 633. The van der Waals surface area contributed by atoms with Crippen molar-refractivity contribution in [1.82, 2.24) is 10.2 Å². The molecule has 0 aromatic heterocycles. The molecule has 27 heavy (non-hydrogen) atoms. The normalized spacial score (nSPS) is 17.8. The quantitative estimate of drug-likeness (QED) is 0.557. The molecule has 4 nitrogen and oxygen atoms in total. The van der Waals surface area contributed by atoms with Gasteiger partial charge in [0.2, 0.25) is 5.91 Å². The Labute approximate surface area is 163 Å². The smallest absolute Gasteiger partial charge is 0.220 e. The van der Waals surface area contributed by atoms with Crippen LogP contribution >= 0.6 is 0 Å². The molecule has 1 aromatic carbocycles. The summed E-state index contributed by atoms with van der Waals surface area (Å²) in [4.78, 5) is 27.0. The highest BCUT2D eigenvalue weighted by Crippen LogP contribution is 2.23. The minimum Gasteiger partial charge on any atom is -0.356 e. The number of likely N-dealkylation sites (tertiary alicyclic amines) is 1. The third-order valence-corrected chi connectivity index (χ3v) is 5.92. The summed E-state index contributed by atoms with van der Waals surface area (Å²) in [5.74, 6) is 0.0836. The lowest BCUT2D eigenvalue weighted by Gasteiger charge is -2.19. The minimum atomic E-state index is -0.00261. The highest BCUT2D eigenvalue weighted by molar-refractivity contribution is 5.98. The lowest BCUT2D eigenvalue weighted by molar-refractivity contribution is -0.121. The number of carbonyl (C=O) groups excluding carboxylic acids is 2. The fourth-order valence-electron chi connectivity index (χ4n) is 4.26. The van der Waals surface area contributed by atoms with Crippen molar-refractivity contribution in [2.24, 2.45) is 0 Å². The Morgan fingerprint density at radius 2 is 1.63 bits per heavy atom. The molecular formula is C23H34N2O2. The number of carbonyl (C=O) groups is 2. The number of Topliss-reactive ketones (excluding diaryl/α,β-unsaturated/α-hetero) is 1. The number of hydrogen-bond acceptors (Lipinski definition) is 3. The van der Waals surface area contributed by atoms with Gasteiger partial charge in [-0.15, -0.1) is 0 Å². The molecule has 1 fully saturated rings. The number of aryl methyl sites for hydroxylation is 2. The topological polar surface area (TPSA) is 49.4 Å². The van der Waals surface area contributed by atoms with Crippen LogP contribution in [0, 0.1) is 0 Å². The number of rotatable bonds is 8. The largest absolute Gasteiger partial charge is 0.356 e. The Morgan fingerprint density at radius 1 is 0.889 bits per heavy atom. The first-order valence-electron chi connectivity index (χ1n) is 10.9. The first kappa shape index (κ1) is 20.1. The van der Waals surface area contributed by atoms with Crippen molar-refractivity contribution < 1.29 is 9.59 Å². The summed E-state index contributed by atoms with van der Waals surface area (Å²) in [5, 5.41) is 2.98. The molecule has 0 unspecified atom stereocenters. The SMILES string of the molecule is O=C(CCC(=O)c1ccc2c(c1)CCCC2)NCCCN1CCCCCC1. The number of hydrogen-bond donors (Lipinski definition) is 1. The summed E-state index contributed by atoms with van der Waals surface area (Å²) < 4.78 is 0. The van der Waals surface area contributed by atoms with E-state index in [-0.39, 0.29) is 11.7 Å². The molecule has 3 rings (SSSR count). The molecule has 0 saturated carbocycles. The van der Waals surface area contributed by atoms with E-state index >= 15 is 0 Å². The second kappa shape index (κ2) is 10.6. The molecular weight excluding hydrogens is 336 g/mol. The van der Waals surface area contributed by atoms with Crippen LogP contribution in [0.5, 0.6) is 0 Å². The molecule has 1 aliphatic carbocycles. The van der Waals surface area contributed by atoms with Crippen LogP contribution in [0.3, 0.4) is 0 Å². The minimum absolute atomic E-state index is 0.00261. The maximum Gasteiger partial charge on any atom is 0.220 e. The average Bonchev–Trinajstić information content (AvgIpc) is 2.98. The summed E-state index contributed by atoms with van der Waals surface area (Å²) in [6.07, 6.45) is 11.6. The van der Waals surface area contributed by atoms with Gasteiger partial charge in [-0.2, -0.15) is 0 Å². The van der Waals surface area contributed by atoms with Crippen molar-refractivity contribution in [2.45, 2.75) is 70.6 Å². The van der Waals surface area contributed by atoms with Crippen LogP contribution < -0.4 is 5.32 Å². The van der Waals surface area contributed by atoms with E-state index in [4.69, 9.17) is 0 Å². The van der Waals surface area contributed by atoms with Gasteiger partial charge in [-0.3, -0.25) is 9.59 Å². The van der Waals surface area contributed by atoms with Gasteiger partial charge < -0.3 is 10.2 Å². The number of nitrogens with zero attached hydrogens (tertiary/aromatic N) is 1. The molecule has 1 N–H and O–H groups in total. The Morgan fingerprint density at radius 3 is 2.41 bits per heavy atom. The molecule has 0 radical (unpaired) electrons. The van der Waals surface area contributed by atoms with Gasteiger partial charge in [-0.05, 0) is 81.8 Å². The van der Waals surface area contributed by atoms with Gasteiger partial charge >= 0.3 is 0 Å². The average molecular weight is 371 g/mol. The Kier molecular flexibility index (Phi) is 7.88. The summed E-state index contributed by atoms with van der Waals surface area (Å²) in [6, 6.07) is 6.09. The molecule has 2 aliphatic rings. The zero-order valence-electron chi connectivity index (χ0n) is 16.6. The fraction of sp³-hybridized carbons (Fsp3) is 0.652. The molecule has 148 valence electrons. The molecule has 0 atom stereocenters. The van der Waals surface area contributed by atoms with Crippen molar-refractivity contribution in [3.63, 3.8) is 0 Å². The summed E-state index contributed by atoms with van der Waals surface area (Å²) in [5.41, 5.74) is 3.48. The van der Waals surface area contributed by atoms with Crippen LogP contribution in [0.2, 0.25) is 0 Å². The Balaban J connectivity index is 1.33. The van der Waals surface area contributed by atoms with E-state index in [9.17, 15) is 9.59 Å². The van der Waals surface area contributed by atoms with E-state index in [1.807, 2.05) is 6.07 Å². The van der Waals surface area contributed by atoms with Gasteiger partial charge in [-0.25, -0.2) is 0 Å². The molecule has 1 saturated heterocycles. The summed E-state index contributed by atoms with van der Waals surface area (Å²) >= 11 is 0. The van der Waals surface area contributed by atoms with Crippen LogP contribution in [0.25, 0.3) is 0 Å². The monoisotopic (exact) mass is 370 g/mol. The summed E-state index contributed by atoms with van der Waals surface area (Å²) in [7, 11) is 0. The van der Waals surface area contributed by atoms with Crippen molar-refractivity contribution in [1.29, 1.82) is 0 Å². The first-order valence-corrected chi connectivity index (χ1v) is 10.9. The molecule has 1 aliphatic heterocycles. The molecule has 4 heteroatoms. The first-order chi connectivity index (χ1) is 13.2. The van der Waals surface area contributed by atoms with Gasteiger partial charge in [0.15, 0.2) is 5.78 Å². The number of fused-ring (bicyclic) bond motifs is 1. The van der Waals surface area contributed by atoms with E-state index in [2.05, 4.69) is 22.3 Å². The van der Waals surface area contributed by atoms with Gasteiger partial charge in [0.1, 0.15) is 0 Å². The standard InChI is InChI=1S/C23H34N2O2/c26-22(21-11-10-19-8-3-4-9-20(19)18-21)12-13-23(27)24-14-7-17-25-15-5-1-2-6-16-25/h10-11,18H,1-9,12-17H2,(H,24,27). The highest BCUT2D eigenvalue weighted by atomic mass is 16.2. The van der Waals surface area contributed by atoms with Gasteiger partial charge in [0, 0.05) is 24.9 Å². The zero-order valence-corrected chi connectivity index (χ0v) is 16.6. The lowest BCUT2D eigenvalue weighted by Crippen LogP contribution is -2.30. The maximum absolute atomic E-state index is 12.4. The number of nitrogens with one attached hydrogen (secondary N) is 1. The zero-order chi connectivity index (χ0) is 18.9. The van der Waals surface area contributed by atoms with Crippen LogP contribution in [0.1, 0.15) is 79.3 Å². The van der Waals surface area contributed by atoms with E-state index in [0.717, 1.165) is 31.4 Å². The van der Waals surface area contributed by atoms with Crippen molar-refractivity contribution in [3.05, 3.63) is 34.9 Å². The summed E-state index contributed by atoms with van der Waals surface area (Å²) in [6.45, 7) is 4.17. The third-order valence-electron chi connectivity index (χ3n) is 5.92. The molecule has 0 bridgehead atoms. The maximum atomic E-state index is 12.4. The predicted molar refractivity (Wildman–Crippen MR) is 109 cm³/mol. The molecule has 1 amide bonds. The van der Waals surface area contributed by atoms with E-state index in [1.54, 1.807) is 0 Å². The number of ketones is 1. The molecule has 1 aromatic rings. The van der Waals surface area contributed by atoms with Crippen LogP contribution in [0.15, 0.2) is 18.2 Å². The lowest BCUT2D eigenvalue weighted by atomic mass is 9.89. The second-order valence-electron chi connectivity index (χ2n) is 8.07. The van der Waals surface area contributed by atoms with Crippen molar-refractivity contribution >= 4 is 11.7 Å². The van der Waals surface area contributed by atoms with Crippen molar-refractivity contribution in [3.8, 4) is 0 Å². The number of benzene rings is 1. The van der Waals surface area contributed by atoms with E-state index in [0.29, 0.717) is 19.4 Å². The Hall–Kier alpha value is -1.68. The van der Waals surface area contributed by atoms with Gasteiger partial charge in [0.25, 0.3) is 0 Å². The fourth-order valence-corrected chi connectivity index (χ4v) is 4.26.